The minimum absolute atomic E-state index is 0.0650. The molecule has 3 nitrogen and oxygen atoms in total. The fourth-order valence-electron chi connectivity index (χ4n) is 2.74. The van der Waals surface area contributed by atoms with Crippen LogP contribution in [0.25, 0.3) is 0 Å². The normalized spacial score (nSPS) is 18.6. The van der Waals surface area contributed by atoms with Gasteiger partial charge in [-0.3, -0.25) is 0 Å². The quantitative estimate of drug-likeness (QED) is 0.889. The van der Waals surface area contributed by atoms with Crippen molar-refractivity contribution >= 4 is 5.82 Å². The van der Waals surface area contributed by atoms with Crippen molar-refractivity contribution in [2.24, 2.45) is 11.7 Å². The van der Waals surface area contributed by atoms with Gasteiger partial charge >= 0.3 is 0 Å². The summed E-state index contributed by atoms with van der Waals surface area (Å²) in [6.07, 6.45) is 8.87. The number of hydrogen-bond acceptors (Lipinski definition) is 3. The SMILES string of the molecule is C[C@H](N)c1ccc(N(C)CC2CCCCC2)nc1. The Morgan fingerprint density at radius 3 is 2.61 bits per heavy atom. The summed E-state index contributed by atoms with van der Waals surface area (Å²) in [5.41, 5.74) is 6.94. The van der Waals surface area contributed by atoms with E-state index in [4.69, 9.17) is 5.73 Å². The van der Waals surface area contributed by atoms with E-state index in [1.165, 1.54) is 32.1 Å². The summed E-state index contributed by atoms with van der Waals surface area (Å²) in [5.74, 6) is 1.91. The van der Waals surface area contributed by atoms with E-state index in [1.807, 2.05) is 13.1 Å². The lowest BCUT2D eigenvalue weighted by Gasteiger charge is -2.27. The van der Waals surface area contributed by atoms with Gasteiger partial charge in [0.05, 0.1) is 0 Å². The summed E-state index contributed by atoms with van der Waals surface area (Å²) in [5, 5.41) is 0. The average Bonchev–Trinajstić information content (AvgIpc) is 2.40. The minimum Gasteiger partial charge on any atom is -0.359 e. The molecule has 0 spiro atoms. The number of aromatic nitrogens is 1. The summed E-state index contributed by atoms with van der Waals surface area (Å²) < 4.78 is 0. The third kappa shape index (κ3) is 3.45. The van der Waals surface area contributed by atoms with Crippen LogP contribution in [0.15, 0.2) is 18.3 Å². The summed E-state index contributed by atoms with van der Waals surface area (Å²) in [6.45, 7) is 3.12. The Labute approximate surface area is 110 Å². The number of rotatable bonds is 4. The predicted octanol–water partition coefficient (Wildman–Crippen LogP) is 3.12. The van der Waals surface area contributed by atoms with Crippen LogP contribution in [-0.2, 0) is 0 Å². The fraction of sp³-hybridized carbons (Fsp3) is 0.667. The Kier molecular flexibility index (Phi) is 4.59. The highest BCUT2D eigenvalue weighted by molar-refractivity contribution is 5.38. The second kappa shape index (κ2) is 6.19. The lowest BCUT2D eigenvalue weighted by molar-refractivity contribution is 0.361. The molecule has 0 saturated heterocycles. The zero-order chi connectivity index (χ0) is 13.0. The number of anilines is 1. The van der Waals surface area contributed by atoms with Crippen molar-refractivity contribution in [1.29, 1.82) is 0 Å². The average molecular weight is 247 g/mol. The predicted molar refractivity (Wildman–Crippen MR) is 76.7 cm³/mol. The van der Waals surface area contributed by atoms with E-state index in [2.05, 4.69) is 29.1 Å². The Morgan fingerprint density at radius 2 is 2.06 bits per heavy atom. The van der Waals surface area contributed by atoms with E-state index in [1.54, 1.807) is 0 Å². The highest BCUT2D eigenvalue weighted by Gasteiger charge is 2.16. The fourth-order valence-corrected chi connectivity index (χ4v) is 2.74. The molecule has 1 aliphatic rings. The minimum atomic E-state index is 0.0650. The molecule has 2 rings (SSSR count). The molecule has 0 bridgehead atoms. The third-order valence-electron chi connectivity index (χ3n) is 3.94. The number of nitrogens with zero attached hydrogens (tertiary/aromatic N) is 2. The van der Waals surface area contributed by atoms with Crippen LogP contribution in [0.4, 0.5) is 5.82 Å². The first-order valence-electron chi connectivity index (χ1n) is 7.09. The number of hydrogen-bond donors (Lipinski definition) is 1. The molecule has 18 heavy (non-hydrogen) atoms. The topological polar surface area (TPSA) is 42.1 Å². The summed E-state index contributed by atoms with van der Waals surface area (Å²) >= 11 is 0. The van der Waals surface area contributed by atoms with Crippen LogP contribution in [0, 0.1) is 5.92 Å². The van der Waals surface area contributed by atoms with Crippen molar-refractivity contribution < 1.29 is 0 Å². The molecule has 0 unspecified atom stereocenters. The molecule has 1 aromatic heterocycles. The second-order valence-electron chi connectivity index (χ2n) is 5.62. The maximum atomic E-state index is 5.84. The van der Waals surface area contributed by atoms with Gasteiger partial charge in [0.2, 0.25) is 0 Å². The van der Waals surface area contributed by atoms with Crippen LogP contribution in [0.3, 0.4) is 0 Å². The zero-order valence-corrected chi connectivity index (χ0v) is 11.6. The highest BCUT2D eigenvalue weighted by Crippen LogP contribution is 2.25. The molecule has 100 valence electrons. The van der Waals surface area contributed by atoms with Crippen molar-refractivity contribution in [3.05, 3.63) is 23.9 Å². The largest absolute Gasteiger partial charge is 0.359 e. The van der Waals surface area contributed by atoms with E-state index in [-0.39, 0.29) is 6.04 Å². The molecule has 0 radical (unpaired) electrons. The number of nitrogens with two attached hydrogens (primary N) is 1. The first-order chi connectivity index (χ1) is 8.66. The van der Waals surface area contributed by atoms with Gasteiger partial charge in [-0.1, -0.05) is 25.3 Å². The maximum absolute atomic E-state index is 5.84. The van der Waals surface area contributed by atoms with Crippen molar-refractivity contribution in [2.75, 3.05) is 18.5 Å². The van der Waals surface area contributed by atoms with Gasteiger partial charge in [0.25, 0.3) is 0 Å². The lowest BCUT2D eigenvalue weighted by atomic mass is 9.89. The summed E-state index contributed by atoms with van der Waals surface area (Å²) in [7, 11) is 2.14. The Bertz CT molecular complexity index is 353. The number of pyridine rings is 1. The van der Waals surface area contributed by atoms with Gasteiger partial charge in [-0.15, -0.1) is 0 Å². The van der Waals surface area contributed by atoms with Gasteiger partial charge in [-0.25, -0.2) is 4.98 Å². The second-order valence-corrected chi connectivity index (χ2v) is 5.62. The standard InChI is InChI=1S/C15H25N3/c1-12(16)14-8-9-15(17-10-14)18(2)11-13-6-4-3-5-7-13/h8-10,12-13H,3-7,11,16H2,1-2H3/t12-/m0/s1. The van der Waals surface area contributed by atoms with Gasteiger partial charge in [-0.2, -0.15) is 0 Å². The van der Waals surface area contributed by atoms with Crippen LogP contribution in [-0.4, -0.2) is 18.6 Å². The van der Waals surface area contributed by atoms with E-state index in [0.717, 1.165) is 23.8 Å². The van der Waals surface area contributed by atoms with E-state index in [0.29, 0.717) is 0 Å². The molecule has 1 saturated carbocycles. The molecule has 2 N–H and O–H groups in total. The molecule has 1 heterocycles. The van der Waals surface area contributed by atoms with Crippen LogP contribution in [0.5, 0.6) is 0 Å². The van der Waals surface area contributed by atoms with Gasteiger partial charge < -0.3 is 10.6 Å². The van der Waals surface area contributed by atoms with Crippen LogP contribution < -0.4 is 10.6 Å². The monoisotopic (exact) mass is 247 g/mol. The zero-order valence-electron chi connectivity index (χ0n) is 11.6. The molecular formula is C15H25N3. The third-order valence-corrected chi connectivity index (χ3v) is 3.94. The van der Waals surface area contributed by atoms with Gasteiger partial charge in [0.1, 0.15) is 5.82 Å². The van der Waals surface area contributed by atoms with E-state index >= 15 is 0 Å². The Morgan fingerprint density at radius 1 is 1.33 bits per heavy atom. The molecule has 1 aromatic rings. The summed E-state index contributed by atoms with van der Waals surface area (Å²) in [6, 6.07) is 4.24. The van der Waals surface area contributed by atoms with E-state index in [9.17, 15) is 0 Å². The van der Waals surface area contributed by atoms with Crippen LogP contribution in [0.2, 0.25) is 0 Å². The molecule has 1 aliphatic carbocycles. The van der Waals surface area contributed by atoms with Gasteiger partial charge in [-0.05, 0) is 37.3 Å². The molecule has 0 amide bonds. The van der Waals surface area contributed by atoms with Gasteiger partial charge in [0, 0.05) is 25.8 Å². The summed E-state index contributed by atoms with van der Waals surface area (Å²) in [4.78, 5) is 6.79. The molecule has 0 aromatic carbocycles. The molecule has 1 fully saturated rings. The maximum Gasteiger partial charge on any atom is 0.128 e. The molecular weight excluding hydrogens is 222 g/mol. The lowest BCUT2D eigenvalue weighted by Crippen LogP contribution is -2.27. The van der Waals surface area contributed by atoms with Crippen LogP contribution in [0.1, 0.15) is 50.6 Å². The molecule has 1 atom stereocenters. The van der Waals surface area contributed by atoms with Crippen molar-refractivity contribution in [2.45, 2.75) is 45.1 Å². The van der Waals surface area contributed by atoms with Crippen molar-refractivity contribution in [3.8, 4) is 0 Å². The molecule has 0 aliphatic heterocycles. The van der Waals surface area contributed by atoms with Crippen molar-refractivity contribution in [3.63, 3.8) is 0 Å². The van der Waals surface area contributed by atoms with Crippen LogP contribution >= 0.6 is 0 Å². The van der Waals surface area contributed by atoms with Crippen molar-refractivity contribution in [1.82, 2.24) is 4.98 Å². The first-order valence-corrected chi connectivity index (χ1v) is 7.09. The Balaban J connectivity index is 1.93. The highest BCUT2D eigenvalue weighted by atomic mass is 15.2. The molecule has 3 heteroatoms. The Hall–Kier alpha value is -1.09. The van der Waals surface area contributed by atoms with E-state index < -0.39 is 0 Å². The van der Waals surface area contributed by atoms with Gasteiger partial charge in [0.15, 0.2) is 0 Å². The smallest absolute Gasteiger partial charge is 0.128 e. The first kappa shape index (κ1) is 13.3.